The second kappa shape index (κ2) is 7.41. The standard InChI is InChI=1S/C16H24N2O2/c1-20-12-13-7-10-18(11-8-13)16(19)15-5-3-2-4-14(15)6-9-17/h2-5,13H,6-12,17H2,1H3. The van der Waals surface area contributed by atoms with E-state index in [1.165, 1.54) is 0 Å². The van der Waals surface area contributed by atoms with Gasteiger partial charge >= 0.3 is 0 Å². The number of nitrogens with zero attached hydrogens (tertiary/aromatic N) is 1. The number of nitrogens with two attached hydrogens (primary N) is 1. The lowest BCUT2D eigenvalue weighted by Crippen LogP contribution is -2.39. The molecule has 20 heavy (non-hydrogen) atoms. The van der Waals surface area contributed by atoms with Crippen molar-refractivity contribution in [2.75, 3.05) is 33.4 Å². The molecule has 110 valence electrons. The van der Waals surface area contributed by atoms with Gasteiger partial charge in [-0.25, -0.2) is 0 Å². The predicted molar refractivity (Wildman–Crippen MR) is 79.7 cm³/mol. The van der Waals surface area contributed by atoms with Crippen LogP contribution in [-0.2, 0) is 11.2 Å². The fourth-order valence-electron chi connectivity index (χ4n) is 2.81. The van der Waals surface area contributed by atoms with E-state index in [0.29, 0.717) is 12.5 Å². The van der Waals surface area contributed by atoms with Crippen molar-refractivity contribution >= 4 is 5.91 Å². The van der Waals surface area contributed by atoms with Gasteiger partial charge in [-0.15, -0.1) is 0 Å². The number of methoxy groups -OCH3 is 1. The van der Waals surface area contributed by atoms with Gasteiger partial charge in [0, 0.05) is 32.4 Å². The summed E-state index contributed by atoms with van der Waals surface area (Å²) in [5.74, 6) is 0.730. The molecule has 1 aromatic rings. The number of hydrogen-bond donors (Lipinski definition) is 1. The van der Waals surface area contributed by atoms with E-state index in [2.05, 4.69) is 0 Å². The van der Waals surface area contributed by atoms with Crippen LogP contribution in [0.5, 0.6) is 0 Å². The van der Waals surface area contributed by atoms with Crippen molar-refractivity contribution in [1.29, 1.82) is 0 Å². The molecule has 1 saturated heterocycles. The van der Waals surface area contributed by atoms with Gasteiger partial charge in [0.15, 0.2) is 0 Å². The van der Waals surface area contributed by atoms with Crippen molar-refractivity contribution in [3.63, 3.8) is 0 Å². The van der Waals surface area contributed by atoms with Gasteiger partial charge in [-0.05, 0) is 43.4 Å². The number of carbonyl (C=O) groups is 1. The van der Waals surface area contributed by atoms with Crippen LogP contribution in [0.1, 0.15) is 28.8 Å². The third-order valence-corrected chi connectivity index (χ3v) is 3.97. The van der Waals surface area contributed by atoms with Gasteiger partial charge in [0.05, 0.1) is 0 Å². The summed E-state index contributed by atoms with van der Waals surface area (Å²) in [6.07, 6.45) is 2.80. The zero-order chi connectivity index (χ0) is 14.4. The van der Waals surface area contributed by atoms with Crippen LogP contribution in [0, 0.1) is 5.92 Å². The van der Waals surface area contributed by atoms with Crippen molar-refractivity contribution in [3.05, 3.63) is 35.4 Å². The molecule has 1 amide bonds. The monoisotopic (exact) mass is 276 g/mol. The molecule has 0 radical (unpaired) electrons. The van der Waals surface area contributed by atoms with Gasteiger partial charge < -0.3 is 15.4 Å². The molecule has 1 heterocycles. The van der Waals surface area contributed by atoms with Gasteiger partial charge in [0.25, 0.3) is 5.91 Å². The minimum Gasteiger partial charge on any atom is -0.384 e. The van der Waals surface area contributed by atoms with Crippen molar-refractivity contribution in [2.45, 2.75) is 19.3 Å². The normalized spacial score (nSPS) is 16.4. The third-order valence-electron chi connectivity index (χ3n) is 3.97. The van der Waals surface area contributed by atoms with Crippen LogP contribution in [0.3, 0.4) is 0 Å². The lowest BCUT2D eigenvalue weighted by molar-refractivity contribution is 0.0612. The second-order valence-corrected chi connectivity index (χ2v) is 5.39. The molecule has 1 aromatic carbocycles. The van der Waals surface area contributed by atoms with Crippen molar-refractivity contribution in [2.24, 2.45) is 11.7 Å². The summed E-state index contributed by atoms with van der Waals surface area (Å²) in [7, 11) is 1.74. The van der Waals surface area contributed by atoms with Gasteiger partial charge in [-0.1, -0.05) is 18.2 Å². The number of rotatable bonds is 5. The Morgan fingerprint density at radius 2 is 2.05 bits per heavy atom. The summed E-state index contributed by atoms with van der Waals surface area (Å²) in [5, 5.41) is 0. The second-order valence-electron chi connectivity index (χ2n) is 5.39. The van der Waals surface area contributed by atoms with Crippen molar-refractivity contribution in [1.82, 2.24) is 4.90 Å². The molecule has 4 heteroatoms. The Morgan fingerprint density at radius 3 is 2.70 bits per heavy atom. The van der Waals surface area contributed by atoms with Crippen molar-refractivity contribution < 1.29 is 9.53 Å². The molecule has 0 unspecified atom stereocenters. The molecule has 0 atom stereocenters. The van der Waals surface area contributed by atoms with E-state index < -0.39 is 0 Å². The predicted octanol–water partition coefficient (Wildman–Crippen LogP) is 1.69. The molecule has 0 bridgehead atoms. The maximum Gasteiger partial charge on any atom is 0.254 e. The number of benzene rings is 1. The Kier molecular flexibility index (Phi) is 5.56. The molecule has 0 saturated carbocycles. The highest BCUT2D eigenvalue weighted by molar-refractivity contribution is 5.95. The molecular weight excluding hydrogens is 252 g/mol. The molecular formula is C16H24N2O2. The highest BCUT2D eigenvalue weighted by Crippen LogP contribution is 2.20. The highest BCUT2D eigenvalue weighted by Gasteiger charge is 2.24. The van der Waals surface area contributed by atoms with Crippen LogP contribution in [0.25, 0.3) is 0 Å². The van der Waals surface area contributed by atoms with Gasteiger partial charge in [-0.3, -0.25) is 4.79 Å². The topological polar surface area (TPSA) is 55.6 Å². The van der Waals surface area contributed by atoms with E-state index >= 15 is 0 Å². The molecule has 1 aliphatic rings. The molecule has 0 spiro atoms. The summed E-state index contributed by atoms with van der Waals surface area (Å²) >= 11 is 0. The molecule has 2 rings (SSSR count). The number of ether oxygens (including phenoxy) is 1. The van der Waals surface area contributed by atoms with E-state index in [9.17, 15) is 4.79 Å². The van der Waals surface area contributed by atoms with E-state index in [-0.39, 0.29) is 5.91 Å². The summed E-state index contributed by atoms with van der Waals surface area (Å²) in [4.78, 5) is 14.6. The molecule has 1 fully saturated rings. The van der Waals surface area contributed by atoms with Gasteiger partial charge in [-0.2, -0.15) is 0 Å². The first kappa shape index (κ1) is 15.0. The fourth-order valence-corrected chi connectivity index (χ4v) is 2.81. The Hall–Kier alpha value is -1.39. The van der Waals surface area contributed by atoms with Crippen LogP contribution >= 0.6 is 0 Å². The average Bonchev–Trinajstić information content (AvgIpc) is 2.49. The summed E-state index contributed by atoms with van der Waals surface area (Å²) < 4.78 is 5.20. The quantitative estimate of drug-likeness (QED) is 0.890. The zero-order valence-corrected chi connectivity index (χ0v) is 12.2. The smallest absolute Gasteiger partial charge is 0.254 e. The summed E-state index contributed by atoms with van der Waals surface area (Å²) in [5.41, 5.74) is 7.48. The fraction of sp³-hybridized carbons (Fsp3) is 0.562. The number of likely N-dealkylation sites (tertiary alicyclic amines) is 1. The first-order valence-corrected chi connectivity index (χ1v) is 7.32. The Morgan fingerprint density at radius 1 is 1.35 bits per heavy atom. The third kappa shape index (κ3) is 3.58. The van der Waals surface area contributed by atoms with Crippen LogP contribution in [0.4, 0.5) is 0 Å². The highest BCUT2D eigenvalue weighted by atomic mass is 16.5. The molecule has 0 aromatic heterocycles. The number of carbonyl (C=O) groups excluding carboxylic acids is 1. The number of hydrogen-bond acceptors (Lipinski definition) is 3. The molecule has 1 aliphatic heterocycles. The van der Waals surface area contributed by atoms with Crippen LogP contribution < -0.4 is 5.73 Å². The maximum atomic E-state index is 12.6. The summed E-state index contributed by atoms with van der Waals surface area (Å²) in [6.45, 7) is 3.01. The Balaban J connectivity index is 2.02. The minimum atomic E-state index is 0.143. The molecule has 4 nitrogen and oxygen atoms in total. The Bertz CT molecular complexity index is 440. The Labute approximate surface area is 120 Å². The number of piperidine rings is 1. The van der Waals surface area contributed by atoms with Crippen LogP contribution in [0.2, 0.25) is 0 Å². The van der Waals surface area contributed by atoms with E-state index in [1.54, 1.807) is 7.11 Å². The average molecular weight is 276 g/mol. The zero-order valence-electron chi connectivity index (χ0n) is 12.2. The minimum absolute atomic E-state index is 0.143. The molecule has 0 aliphatic carbocycles. The maximum absolute atomic E-state index is 12.6. The van der Waals surface area contributed by atoms with Crippen molar-refractivity contribution in [3.8, 4) is 0 Å². The molecule has 2 N–H and O–H groups in total. The largest absolute Gasteiger partial charge is 0.384 e. The lowest BCUT2D eigenvalue weighted by Gasteiger charge is -2.32. The number of amides is 1. The van der Waals surface area contributed by atoms with E-state index in [0.717, 1.165) is 50.1 Å². The lowest BCUT2D eigenvalue weighted by atomic mass is 9.96. The van der Waals surface area contributed by atoms with E-state index in [1.807, 2.05) is 29.2 Å². The van der Waals surface area contributed by atoms with E-state index in [4.69, 9.17) is 10.5 Å². The van der Waals surface area contributed by atoms with Crippen LogP contribution in [-0.4, -0.2) is 44.2 Å². The first-order chi connectivity index (χ1) is 9.76. The van der Waals surface area contributed by atoms with Gasteiger partial charge in [0.2, 0.25) is 0 Å². The SMILES string of the molecule is COCC1CCN(C(=O)c2ccccc2CCN)CC1. The summed E-state index contributed by atoms with van der Waals surface area (Å²) in [6, 6.07) is 7.80. The van der Waals surface area contributed by atoms with Crippen LogP contribution in [0.15, 0.2) is 24.3 Å². The first-order valence-electron chi connectivity index (χ1n) is 7.32. The van der Waals surface area contributed by atoms with Gasteiger partial charge in [0.1, 0.15) is 0 Å².